The first-order chi connectivity index (χ1) is 12.9. The van der Waals surface area contributed by atoms with Gasteiger partial charge in [-0.2, -0.15) is 0 Å². The predicted octanol–water partition coefficient (Wildman–Crippen LogP) is 2.88. The molecule has 0 spiro atoms. The summed E-state index contributed by atoms with van der Waals surface area (Å²) in [4.78, 5) is 29.2. The summed E-state index contributed by atoms with van der Waals surface area (Å²) in [6.07, 6.45) is 3.36. The van der Waals surface area contributed by atoms with E-state index in [0.717, 1.165) is 38.9 Å². The molecule has 148 valence electrons. The molecule has 1 aromatic rings. The molecule has 0 aliphatic carbocycles. The lowest BCUT2D eigenvalue weighted by atomic mass is 9.90. The van der Waals surface area contributed by atoms with Crippen molar-refractivity contribution in [1.29, 1.82) is 0 Å². The van der Waals surface area contributed by atoms with Gasteiger partial charge in [0.25, 0.3) is 0 Å². The molecule has 0 saturated carbocycles. The van der Waals surface area contributed by atoms with Crippen LogP contribution in [0.4, 0.5) is 0 Å². The quantitative estimate of drug-likeness (QED) is 0.746. The number of hydrogen-bond acceptors (Lipinski definition) is 4. The summed E-state index contributed by atoms with van der Waals surface area (Å²) in [5.41, 5.74) is 0.885. The highest BCUT2D eigenvalue weighted by atomic mass is 16.6. The van der Waals surface area contributed by atoms with Crippen molar-refractivity contribution in [2.75, 3.05) is 26.2 Å². The molecule has 1 atom stereocenters. The molecule has 2 fully saturated rings. The lowest BCUT2D eigenvalue weighted by Crippen LogP contribution is -2.58. The average Bonchev–Trinajstić information content (AvgIpc) is 2.64. The number of esters is 1. The summed E-state index contributed by atoms with van der Waals surface area (Å²) in [7, 11) is 0. The third kappa shape index (κ3) is 5.10. The molecule has 0 aromatic heterocycles. The van der Waals surface area contributed by atoms with Gasteiger partial charge >= 0.3 is 5.97 Å². The van der Waals surface area contributed by atoms with Crippen molar-refractivity contribution < 1.29 is 14.3 Å². The lowest BCUT2D eigenvalue weighted by Gasteiger charge is -2.42. The van der Waals surface area contributed by atoms with E-state index in [0.29, 0.717) is 12.5 Å². The first-order valence-corrected chi connectivity index (χ1v) is 10.2. The summed E-state index contributed by atoms with van der Waals surface area (Å²) in [6, 6.07) is 10.1. The Labute approximate surface area is 162 Å². The maximum absolute atomic E-state index is 12.8. The maximum atomic E-state index is 12.8. The van der Waals surface area contributed by atoms with Gasteiger partial charge in [0.05, 0.1) is 6.42 Å². The Morgan fingerprint density at radius 3 is 2.48 bits per heavy atom. The monoisotopic (exact) mass is 372 g/mol. The topological polar surface area (TPSA) is 49.9 Å². The molecule has 5 nitrogen and oxygen atoms in total. The highest BCUT2D eigenvalue weighted by Gasteiger charge is 2.41. The highest BCUT2D eigenvalue weighted by molar-refractivity contribution is 5.86. The van der Waals surface area contributed by atoms with Gasteiger partial charge in [-0.05, 0) is 51.1 Å². The number of amides is 1. The minimum absolute atomic E-state index is 0.0771. The minimum Gasteiger partial charge on any atom is -0.457 e. The van der Waals surface area contributed by atoms with Crippen LogP contribution in [0, 0.1) is 5.92 Å². The lowest BCUT2D eigenvalue weighted by molar-refractivity contribution is -0.179. The van der Waals surface area contributed by atoms with Gasteiger partial charge in [-0.25, -0.2) is 0 Å². The van der Waals surface area contributed by atoms with Crippen LogP contribution in [0.15, 0.2) is 30.3 Å². The molecule has 2 aliphatic heterocycles. The molecule has 2 heterocycles. The van der Waals surface area contributed by atoms with E-state index in [4.69, 9.17) is 4.74 Å². The van der Waals surface area contributed by atoms with Crippen LogP contribution in [0.2, 0.25) is 0 Å². The molecule has 1 aromatic carbocycles. The molecule has 1 unspecified atom stereocenters. The number of rotatable bonds is 5. The first kappa shape index (κ1) is 19.9. The Morgan fingerprint density at radius 1 is 1.19 bits per heavy atom. The van der Waals surface area contributed by atoms with Crippen molar-refractivity contribution in [3.63, 3.8) is 0 Å². The van der Waals surface area contributed by atoms with E-state index in [-0.39, 0.29) is 18.3 Å². The van der Waals surface area contributed by atoms with E-state index in [1.165, 1.54) is 5.56 Å². The zero-order valence-electron chi connectivity index (χ0n) is 16.8. The zero-order valence-corrected chi connectivity index (χ0v) is 16.8. The van der Waals surface area contributed by atoms with Gasteiger partial charge in [-0.1, -0.05) is 37.3 Å². The van der Waals surface area contributed by atoms with Crippen LogP contribution in [0.5, 0.6) is 0 Å². The molecule has 2 aliphatic rings. The first-order valence-electron chi connectivity index (χ1n) is 10.2. The summed E-state index contributed by atoms with van der Waals surface area (Å²) in [5.74, 6) is 0.442. The molecular weight excluding hydrogens is 340 g/mol. The van der Waals surface area contributed by atoms with Crippen molar-refractivity contribution in [2.24, 2.45) is 5.92 Å². The second kappa shape index (κ2) is 8.42. The smallest absolute Gasteiger partial charge is 0.324 e. The summed E-state index contributed by atoms with van der Waals surface area (Å²) >= 11 is 0. The number of carbonyl (C=O) groups is 2. The van der Waals surface area contributed by atoms with Crippen molar-refractivity contribution in [3.05, 3.63) is 35.9 Å². The fraction of sp³-hybridized carbons (Fsp3) is 0.636. The number of likely N-dealkylation sites (N-methyl/N-ethyl adjacent to an activating group) is 1. The summed E-state index contributed by atoms with van der Waals surface area (Å²) < 4.78 is 5.54. The molecule has 0 N–H and O–H groups in total. The summed E-state index contributed by atoms with van der Waals surface area (Å²) in [6.45, 7) is 8.86. The van der Waals surface area contributed by atoms with E-state index in [1.54, 1.807) is 0 Å². The van der Waals surface area contributed by atoms with Crippen LogP contribution < -0.4 is 0 Å². The second-order valence-corrected chi connectivity index (χ2v) is 8.48. The fourth-order valence-electron chi connectivity index (χ4n) is 4.29. The SMILES string of the molecule is CCN1CC(C)(C)OC(=O)C1CC(=O)N1CCC(Cc2ccccc2)CC1. The number of carbonyl (C=O) groups excluding carboxylic acids is 2. The highest BCUT2D eigenvalue weighted by Crippen LogP contribution is 2.26. The standard InChI is InChI=1S/C22H32N2O3/c1-4-23-16-22(2,3)27-21(26)19(23)15-20(25)24-12-10-18(11-13-24)14-17-8-6-5-7-9-17/h5-9,18-19H,4,10-16H2,1-3H3. The van der Waals surface area contributed by atoms with Gasteiger partial charge in [0, 0.05) is 19.6 Å². The summed E-state index contributed by atoms with van der Waals surface area (Å²) in [5, 5.41) is 0. The largest absolute Gasteiger partial charge is 0.457 e. The van der Waals surface area contributed by atoms with Crippen LogP contribution in [0.3, 0.4) is 0 Å². The van der Waals surface area contributed by atoms with E-state index in [9.17, 15) is 9.59 Å². The minimum atomic E-state index is -0.484. The molecule has 3 rings (SSSR count). The van der Waals surface area contributed by atoms with Crippen LogP contribution in [0.25, 0.3) is 0 Å². The van der Waals surface area contributed by atoms with Crippen molar-refractivity contribution in [2.45, 2.75) is 58.1 Å². The molecule has 0 radical (unpaired) electrons. The number of nitrogens with zero attached hydrogens (tertiary/aromatic N) is 2. The zero-order chi connectivity index (χ0) is 19.4. The van der Waals surface area contributed by atoms with Crippen molar-refractivity contribution in [3.8, 4) is 0 Å². The van der Waals surface area contributed by atoms with Gasteiger partial charge in [-0.3, -0.25) is 14.5 Å². The van der Waals surface area contributed by atoms with E-state index in [2.05, 4.69) is 29.2 Å². The van der Waals surface area contributed by atoms with Gasteiger partial charge in [0.1, 0.15) is 11.6 Å². The third-order valence-corrected chi connectivity index (χ3v) is 5.78. The second-order valence-electron chi connectivity index (χ2n) is 8.48. The average molecular weight is 373 g/mol. The number of benzene rings is 1. The molecule has 27 heavy (non-hydrogen) atoms. The van der Waals surface area contributed by atoms with Crippen LogP contribution >= 0.6 is 0 Å². The molecule has 1 amide bonds. The molecule has 5 heteroatoms. The number of piperidine rings is 1. The Bertz CT molecular complexity index is 651. The maximum Gasteiger partial charge on any atom is 0.324 e. The Balaban J connectivity index is 1.51. The Hall–Kier alpha value is -1.88. The van der Waals surface area contributed by atoms with E-state index in [1.807, 2.05) is 31.7 Å². The van der Waals surface area contributed by atoms with Crippen molar-refractivity contribution >= 4 is 11.9 Å². The van der Waals surface area contributed by atoms with Gasteiger partial charge in [-0.15, -0.1) is 0 Å². The van der Waals surface area contributed by atoms with Gasteiger partial charge in [0.15, 0.2) is 0 Å². The number of cyclic esters (lactones) is 1. The number of likely N-dealkylation sites (tertiary alicyclic amines) is 1. The normalized spacial score (nSPS) is 23.9. The molecule has 2 saturated heterocycles. The van der Waals surface area contributed by atoms with E-state index < -0.39 is 11.6 Å². The number of ether oxygens (including phenoxy) is 1. The van der Waals surface area contributed by atoms with E-state index >= 15 is 0 Å². The van der Waals surface area contributed by atoms with Crippen LogP contribution in [0.1, 0.15) is 45.6 Å². The number of morpholine rings is 1. The third-order valence-electron chi connectivity index (χ3n) is 5.78. The van der Waals surface area contributed by atoms with Crippen LogP contribution in [-0.2, 0) is 20.7 Å². The Morgan fingerprint density at radius 2 is 1.85 bits per heavy atom. The van der Waals surface area contributed by atoms with Gasteiger partial charge < -0.3 is 9.64 Å². The van der Waals surface area contributed by atoms with Gasteiger partial charge in [0.2, 0.25) is 5.91 Å². The molecule has 0 bridgehead atoms. The van der Waals surface area contributed by atoms with Crippen LogP contribution in [-0.4, -0.2) is 59.5 Å². The fourth-order valence-corrected chi connectivity index (χ4v) is 4.29. The molecular formula is C22H32N2O3. The Kier molecular flexibility index (Phi) is 6.20. The van der Waals surface area contributed by atoms with Crippen molar-refractivity contribution in [1.82, 2.24) is 9.80 Å². The number of hydrogen-bond donors (Lipinski definition) is 0. The predicted molar refractivity (Wildman–Crippen MR) is 105 cm³/mol.